The molecule has 0 radical (unpaired) electrons. The summed E-state index contributed by atoms with van der Waals surface area (Å²) in [5.41, 5.74) is 2.86. The number of thiocarbonyl (C=S) groups is 1. The van der Waals surface area contributed by atoms with Gasteiger partial charge in [0.1, 0.15) is 11.5 Å². The number of ether oxygens (including phenoxy) is 1. The predicted octanol–water partition coefficient (Wildman–Crippen LogP) is 4.34. The van der Waals surface area contributed by atoms with Crippen LogP contribution in [-0.4, -0.2) is 30.0 Å². The number of Topliss-reactive ketones (excluding diaryl/α,β-unsaturated/α-hetero) is 1. The Bertz CT molecular complexity index is 729. The van der Waals surface area contributed by atoms with E-state index in [1.165, 1.54) is 17.5 Å². The van der Waals surface area contributed by atoms with E-state index in [-0.39, 0.29) is 5.41 Å². The number of hydrogen-bond donors (Lipinski definition) is 0. The SMILES string of the molecule is CN(C)C(=S)Oc1ccc2c(c1)CC[C@H]1[C@H]2CC[C@]2(C)C(=O)CC[C@@H]12. The Morgan fingerprint density at radius 1 is 1.24 bits per heavy atom. The lowest BCUT2D eigenvalue weighted by Gasteiger charge is -2.48. The molecule has 1 aromatic rings. The van der Waals surface area contributed by atoms with Gasteiger partial charge in [-0.25, -0.2) is 0 Å². The van der Waals surface area contributed by atoms with E-state index in [1.54, 1.807) is 0 Å². The van der Waals surface area contributed by atoms with Gasteiger partial charge in [0, 0.05) is 25.9 Å². The van der Waals surface area contributed by atoms with Crippen molar-refractivity contribution in [3.63, 3.8) is 0 Å². The van der Waals surface area contributed by atoms with Crippen LogP contribution in [-0.2, 0) is 11.2 Å². The molecule has 3 aliphatic rings. The fourth-order valence-corrected chi connectivity index (χ4v) is 5.68. The highest BCUT2D eigenvalue weighted by atomic mass is 32.1. The zero-order chi connectivity index (χ0) is 17.8. The molecule has 3 aliphatic carbocycles. The van der Waals surface area contributed by atoms with Crippen molar-refractivity contribution in [2.45, 2.75) is 51.4 Å². The number of nitrogens with zero attached hydrogens (tertiary/aromatic N) is 1. The van der Waals surface area contributed by atoms with Crippen LogP contribution in [0, 0.1) is 17.3 Å². The van der Waals surface area contributed by atoms with Crippen LogP contribution in [0.15, 0.2) is 18.2 Å². The minimum Gasteiger partial charge on any atom is -0.432 e. The first-order valence-electron chi connectivity index (χ1n) is 9.45. The molecule has 0 unspecified atom stereocenters. The largest absolute Gasteiger partial charge is 0.432 e. The molecule has 0 heterocycles. The second kappa shape index (κ2) is 6.08. The first-order valence-corrected chi connectivity index (χ1v) is 9.86. The van der Waals surface area contributed by atoms with Crippen molar-refractivity contribution in [3.05, 3.63) is 29.3 Å². The first-order chi connectivity index (χ1) is 11.9. The molecule has 4 rings (SSSR count). The molecular formula is C21H27NO2S. The third-order valence-corrected chi connectivity index (χ3v) is 7.43. The molecule has 3 nitrogen and oxygen atoms in total. The summed E-state index contributed by atoms with van der Waals surface area (Å²) in [5, 5.41) is 0.492. The second-order valence-electron chi connectivity index (χ2n) is 8.46. The average Bonchev–Trinajstić information content (AvgIpc) is 2.89. The highest BCUT2D eigenvalue weighted by molar-refractivity contribution is 7.80. The molecule has 134 valence electrons. The average molecular weight is 358 g/mol. The summed E-state index contributed by atoms with van der Waals surface area (Å²) in [6, 6.07) is 6.48. The van der Waals surface area contributed by atoms with Gasteiger partial charge in [0.2, 0.25) is 0 Å². The number of carbonyl (C=O) groups is 1. The van der Waals surface area contributed by atoms with Gasteiger partial charge in [-0.15, -0.1) is 0 Å². The van der Waals surface area contributed by atoms with Crippen LogP contribution in [0.1, 0.15) is 56.1 Å². The van der Waals surface area contributed by atoms with Crippen molar-refractivity contribution in [1.82, 2.24) is 4.90 Å². The molecule has 0 aliphatic heterocycles. The summed E-state index contributed by atoms with van der Waals surface area (Å²) in [5.74, 6) is 3.23. The second-order valence-corrected chi connectivity index (χ2v) is 8.81. The smallest absolute Gasteiger partial charge is 0.264 e. The van der Waals surface area contributed by atoms with E-state index in [1.807, 2.05) is 19.0 Å². The Balaban J connectivity index is 1.59. The fourth-order valence-electron chi connectivity index (χ4n) is 5.59. The molecule has 4 atom stereocenters. The van der Waals surface area contributed by atoms with Crippen LogP contribution in [0.25, 0.3) is 0 Å². The lowest BCUT2D eigenvalue weighted by atomic mass is 9.55. The zero-order valence-corrected chi connectivity index (χ0v) is 16.2. The molecule has 0 saturated heterocycles. The van der Waals surface area contributed by atoms with Gasteiger partial charge in [0.25, 0.3) is 5.17 Å². The number of hydrogen-bond acceptors (Lipinski definition) is 3. The van der Waals surface area contributed by atoms with Gasteiger partial charge in [-0.1, -0.05) is 13.0 Å². The van der Waals surface area contributed by atoms with E-state index < -0.39 is 0 Å². The van der Waals surface area contributed by atoms with Crippen LogP contribution < -0.4 is 4.74 Å². The molecule has 1 aromatic carbocycles. The highest BCUT2D eigenvalue weighted by Gasteiger charge is 2.54. The summed E-state index contributed by atoms with van der Waals surface area (Å²) in [6.07, 6.45) is 6.39. The van der Waals surface area contributed by atoms with Gasteiger partial charge in [0.05, 0.1) is 0 Å². The van der Waals surface area contributed by atoms with Gasteiger partial charge in [-0.05, 0) is 85.3 Å². The number of fused-ring (bicyclic) bond motifs is 5. The molecule has 0 spiro atoms. The Kier molecular flexibility index (Phi) is 4.14. The summed E-state index contributed by atoms with van der Waals surface area (Å²) in [6.45, 7) is 2.23. The van der Waals surface area contributed by atoms with Crippen molar-refractivity contribution in [2.75, 3.05) is 14.1 Å². The molecule has 4 heteroatoms. The lowest BCUT2D eigenvalue weighted by molar-refractivity contribution is -0.129. The van der Waals surface area contributed by atoms with E-state index in [9.17, 15) is 4.79 Å². The van der Waals surface area contributed by atoms with Crippen LogP contribution in [0.2, 0.25) is 0 Å². The fraction of sp³-hybridized carbons (Fsp3) is 0.619. The quantitative estimate of drug-likeness (QED) is 0.700. The topological polar surface area (TPSA) is 29.5 Å². The van der Waals surface area contributed by atoms with Crippen molar-refractivity contribution in [2.24, 2.45) is 17.3 Å². The van der Waals surface area contributed by atoms with Crippen molar-refractivity contribution >= 4 is 23.2 Å². The Morgan fingerprint density at radius 3 is 2.80 bits per heavy atom. The first kappa shape index (κ1) is 17.0. The molecule has 25 heavy (non-hydrogen) atoms. The summed E-state index contributed by atoms with van der Waals surface area (Å²) < 4.78 is 5.79. The molecule has 2 saturated carbocycles. The van der Waals surface area contributed by atoms with Gasteiger partial charge >= 0.3 is 0 Å². The molecule has 0 bridgehead atoms. The van der Waals surface area contributed by atoms with E-state index in [0.29, 0.717) is 28.7 Å². The van der Waals surface area contributed by atoms with E-state index >= 15 is 0 Å². The van der Waals surface area contributed by atoms with Crippen molar-refractivity contribution in [3.8, 4) is 5.75 Å². The number of rotatable bonds is 1. The van der Waals surface area contributed by atoms with Crippen LogP contribution in [0.3, 0.4) is 0 Å². The van der Waals surface area contributed by atoms with E-state index in [2.05, 4.69) is 25.1 Å². The minimum absolute atomic E-state index is 0.0420. The van der Waals surface area contributed by atoms with Crippen molar-refractivity contribution < 1.29 is 9.53 Å². The molecule has 0 aromatic heterocycles. The molecule has 0 amide bonds. The summed E-state index contributed by atoms with van der Waals surface area (Å²) >= 11 is 5.25. The van der Waals surface area contributed by atoms with Crippen LogP contribution in [0.5, 0.6) is 5.75 Å². The summed E-state index contributed by atoms with van der Waals surface area (Å²) in [7, 11) is 3.79. The third-order valence-electron chi connectivity index (χ3n) is 6.98. The van der Waals surface area contributed by atoms with Crippen LogP contribution in [0.4, 0.5) is 0 Å². The Labute approximate surface area is 155 Å². The molecule has 0 N–H and O–H groups in total. The standard InChI is InChI=1S/C21H27NO2S/c1-21-11-10-16-15-7-5-14(24-20(25)22(2)3)12-13(15)4-6-17(16)18(21)8-9-19(21)23/h5,7,12,16-18H,4,6,8-11H2,1-3H3/t16-,17-,18-,21-/m0/s1. The molecular weight excluding hydrogens is 330 g/mol. The van der Waals surface area contributed by atoms with Crippen LogP contribution >= 0.6 is 12.2 Å². The van der Waals surface area contributed by atoms with Crippen molar-refractivity contribution in [1.29, 1.82) is 0 Å². The Morgan fingerprint density at radius 2 is 2.04 bits per heavy atom. The number of benzene rings is 1. The number of carbonyl (C=O) groups excluding carboxylic acids is 1. The van der Waals surface area contributed by atoms with Gasteiger partial charge in [0.15, 0.2) is 0 Å². The van der Waals surface area contributed by atoms with Gasteiger partial charge < -0.3 is 9.64 Å². The van der Waals surface area contributed by atoms with Gasteiger partial charge in [-0.3, -0.25) is 4.79 Å². The number of aryl methyl sites for hydroxylation is 1. The maximum Gasteiger partial charge on any atom is 0.264 e. The number of ketones is 1. The zero-order valence-electron chi connectivity index (χ0n) is 15.4. The monoisotopic (exact) mass is 357 g/mol. The normalized spacial score (nSPS) is 33.2. The highest BCUT2D eigenvalue weighted by Crippen LogP contribution is 2.59. The van der Waals surface area contributed by atoms with Gasteiger partial charge in [-0.2, -0.15) is 0 Å². The maximum absolute atomic E-state index is 12.4. The van der Waals surface area contributed by atoms with E-state index in [4.69, 9.17) is 17.0 Å². The minimum atomic E-state index is -0.0420. The third kappa shape index (κ3) is 2.69. The van der Waals surface area contributed by atoms with E-state index in [0.717, 1.165) is 37.9 Å². The summed E-state index contributed by atoms with van der Waals surface area (Å²) in [4.78, 5) is 14.2. The molecule has 2 fully saturated rings. The predicted molar refractivity (Wildman–Crippen MR) is 103 cm³/mol. The Hall–Kier alpha value is -1.42. The lowest BCUT2D eigenvalue weighted by Crippen LogP contribution is -2.42. The maximum atomic E-state index is 12.4.